The number of carbonyl (C=O) groups is 1. The summed E-state index contributed by atoms with van der Waals surface area (Å²) in [6.07, 6.45) is 0. The molecule has 4 nitrogen and oxygen atoms in total. The molecule has 0 bridgehead atoms. The van der Waals surface area contributed by atoms with Crippen LogP contribution >= 0.6 is 0 Å². The van der Waals surface area contributed by atoms with E-state index in [1.165, 1.54) is 0 Å². The highest BCUT2D eigenvalue weighted by Gasteiger charge is 2.25. The maximum Gasteiger partial charge on any atom is 0.239 e. The first-order valence-electron chi connectivity index (χ1n) is 4.26. The molecular weight excluding hydrogens is 156 g/mol. The number of amides is 1. The topological polar surface area (TPSA) is 55.6 Å². The number of ether oxygens (including phenoxy) is 1. The van der Waals surface area contributed by atoms with E-state index in [9.17, 15) is 4.79 Å². The van der Waals surface area contributed by atoms with Crippen molar-refractivity contribution in [1.29, 1.82) is 0 Å². The number of carbonyl (C=O) groups excluding carboxylic acids is 1. The molecule has 4 heteroatoms. The van der Waals surface area contributed by atoms with Gasteiger partial charge in [-0.25, -0.2) is 0 Å². The lowest BCUT2D eigenvalue weighted by molar-refractivity contribution is -0.140. The van der Waals surface area contributed by atoms with Crippen LogP contribution in [0.15, 0.2) is 0 Å². The summed E-state index contributed by atoms with van der Waals surface area (Å²) in [5.41, 5.74) is 5.50. The van der Waals surface area contributed by atoms with Crippen molar-refractivity contribution in [3.8, 4) is 0 Å². The Morgan fingerprint density at radius 1 is 1.75 bits per heavy atom. The lowest BCUT2D eigenvalue weighted by Gasteiger charge is -2.34. The molecule has 0 aromatic heterocycles. The van der Waals surface area contributed by atoms with Crippen LogP contribution in [0.1, 0.15) is 13.8 Å². The Hall–Kier alpha value is -0.610. The molecule has 1 saturated heterocycles. The molecule has 0 aromatic rings. The zero-order chi connectivity index (χ0) is 9.14. The first kappa shape index (κ1) is 9.48. The zero-order valence-corrected chi connectivity index (χ0v) is 7.62. The molecular formula is C8H16N2O2. The van der Waals surface area contributed by atoms with Crippen molar-refractivity contribution in [1.82, 2.24) is 4.90 Å². The number of nitrogens with zero attached hydrogens (tertiary/aromatic N) is 1. The molecule has 2 unspecified atom stereocenters. The fourth-order valence-electron chi connectivity index (χ4n) is 1.32. The van der Waals surface area contributed by atoms with E-state index in [1.54, 1.807) is 11.8 Å². The van der Waals surface area contributed by atoms with Crippen molar-refractivity contribution in [2.45, 2.75) is 25.9 Å². The van der Waals surface area contributed by atoms with Gasteiger partial charge in [0.05, 0.1) is 25.3 Å². The van der Waals surface area contributed by atoms with Crippen LogP contribution in [0.3, 0.4) is 0 Å². The highest BCUT2D eigenvalue weighted by molar-refractivity contribution is 5.81. The van der Waals surface area contributed by atoms with Crippen LogP contribution in [0.2, 0.25) is 0 Å². The van der Waals surface area contributed by atoms with E-state index in [4.69, 9.17) is 10.5 Å². The normalized spacial score (nSPS) is 26.9. The average Bonchev–Trinajstić information content (AvgIpc) is 2.04. The largest absolute Gasteiger partial charge is 0.377 e. The van der Waals surface area contributed by atoms with Crippen LogP contribution in [0.5, 0.6) is 0 Å². The van der Waals surface area contributed by atoms with Gasteiger partial charge in [-0.2, -0.15) is 0 Å². The Morgan fingerprint density at radius 2 is 2.42 bits per heavy atom. The Labute approximate surface area is 72.7 Å². The second-order valence-electron chi connectivity index (χ2n) is 3.24. The monoisotopic (exact) mass is 172 g/mol. The third-order valence-corrected chi connectivity index (χ3v) is 2.04. The van der Waals surface area contributed by atoms with Gasteiger partial charge < -0.3 is 15.4 Å². The van der Waals surface area contributed by atoms with Gasteiger partial charge in [-0.3, -0.25) is 4.79 Å². The van der Waals surface area contributed by atoms with Gasteiger partial charge in [0, 0.05) is 6.54 Å². The number of hydrogen-bond acceptors (Lipinski definition) is 3. The summed E-state index contributed by atoms with van der Waals surface area (Å²) in [5, 5.41) is 0. The molecule has 1 aliphatic heterocycles. The quantitative estimate of drug-likeness (QED) is 0.584. The molecule has 1 amide bonds. The predicted octanol–water partition coefficient (Wildman–Crippen LogP) is -0.419. The summed E-state index contributed by atoms with van der Waals surface area (Å²) in [7, 11) is 0. The van der Waals surface area contributed by atoms with E-state index in [0.717, 1.165) is 0 Å². The average molecular weight is 172 g/mol. The van der Waals surface area contributed by atoms with Gasteiger partial charge in [0.2, 0.25) is 5.91 Å². The summed E-state index contributed by atoms with van der Waals surface area (Å²) in [6, 6.07) is -0.234. The zero-order valence-electron chi connectivity index (χ0n) is 7.62. The fourth-order valence-corrected chi connectivity index (χ4v) is 1.32. The maximum absolute atomic E-state index is 11.5. The van der Waals surface area contributed by atoms with Gasteiger partial charge >= 0.3 is 0 Å². The third-order valence-electron chi connectivity index (χ3n) is 2.04. The molecule has 0 spiro atoms. The minimum atomic E-state index is -0.398. The van der Waals surface area contributed by atoms with Crippen molar-refractivity contribution < 1.29 is 9.53 Å². The molecule has 0 radical (unpaired) electrons. The number of nitrogens with two attached hydrogens (primary N) is 1. The molecule has 0 aromatic carbocycles. The number of hydrogen-bond donors (Lipinski definition) is 1. The first-order chi connectivity index (χ1) is 5.63. The predicted molar refractivity (Wildman–Crippen MR) is 45.6 cm³/mol. The first-order valence-corrected chi connectivity index (χ1v) is 4.26. The molecule has 0 aliphatic carbocycles. The van der Waals surface area contributed by atoms with E-state index in [0.29, 0.717) is 19.8 Å². The molecule has 1 rings (SSSR count). The highest BCUT2D eigenvalue weighted by Crippen LogP contribution is 2.07. The Bertz CT molecular complexity index is 170. The Morgan fingerprint density at radius 3 is 2.92 bits per heavy atom. The Balaban J connectivity index is 2.53. The number of rotatable bonds is 1. The van der Waals surface area contributed by atoms with E-state index >= 15 is 0 Å². The van der Waals surface area contributed by atoms with Crippen LogP contribution < -0.4 is 5.73 Å². The van der Waals surface area contributed by atoms with E-state index in [2.05, 4.69) is 0 Å². The smallest absolute Gasteiger partial charge is 0.239 e. The molecule has 1 aliphatic rings. The van der Waals surface area contributed by atoms with E-state index in [-0.39, 0.29) is 11.9 Å². The van der Waals surface area contributed by atoms with Crippen LogP contribution in [0.4, 0.5) is 0 Å². The lowest BCUT2D eigenvalue weighted by atomic mass is 10.2. The fraction of sp³-hybridized carbons (Fsp3) is 0.875. The van der Waals surface area contributed by atoms with Gasteiger partial charge in [-0.05, 0) is 13.8 Å². The standard InChI is InChI=1S/C8H16N2O2/c1-6-5-12-4-3-10(6)8(11)7(2)9/h6-7H,3-5,9H2,1-2H3. The van der Waals surface area contributed by atoms with Gasteiger partial charge in [-0.15, -0.1) is 0 Å². The highest BCUT2D eigenvalue weighted by atomic mass is 16.5. The summed E-state index contributed by atoms with van der Waals surface area (Å²) in [5.74, 6) is 0.0193. The van der Waals surface area contributed by atoms with Crippen LogP contribution in [-0.2, 0) is 9.53 Å². The van der Waals surface area contributed by atoms with E-state index < -0.39 is 6.04 Å². The van der Waals surface area contributed by atoms with Gasteiger partial charge in [-0.1, -0.05) is 0 Å². The van der Waals surface area contributed by atoms with Crippen molar-refractivity contribution >= 4 is 5.91 Å². The molecule has 2 N–H and O–H groups in total. The van der Waals surface area contributed by atoms with Crippen molar-refractivity contribution in [2.24, 2.45) is 5.73 Å². The van der Waals surface area contributed by atoms with E-state index in [1.807, 2.05) is 6.92 Å². The maximum atomic E-state index is 11.5. The summed E-state index contributed by atoms with van der Waals surface area (Å²) in [6.45, 7) is 5.60. The SMILES string of the molecule is CC(N)C(=O)N1CCOCC1C. The second kappa shape index (κ2) is 3.87. The van der Waals surface area contributed by atoms with Gasteiger partial charge in [0.25, 0.3) is 0 Å². The minimum Gasteiger partial charge on any atom is -0.377 e. The molecule has 1 fully saturated rings. The summed E-state index contributed by atoms with van der Waals surface area (Å²) >= 11 is 0. The second-order valence-corrected chi connectivity index (χ2v) is 3.24. The summed E-state index contributed by atoms with van der Waals surface area (Å²) < 4.78 is 5.21. The molecule has 1 heterocycles. The molecule has 12 heavy (non-hydrogen) atoms. The van der Waals surface area contributed by atoms with Crippen molar-refractivity contribution in [3.05, 3.63) is 0 Å². The molecule has 0 saturated carbocycles. The third kappa shape index (κ3) is 1.95. The van der Waals surface area contributed by atoms with Crippen molar-refractivity contribution in [3.63, 3.8) is 0 Å². The van der Waals surface area contributed by atoms with Crippen LogP contribution in [-0.4, -0.2) is 42.6 Å². The van der Waals surface area contributed by atoms with Crippen molar-refractivity contribution in [2.75, 3.05) is 19.8 Å². The number of morpholine rings is 1. The van der Waals surface area contributed by atoms with Crippen LogP contribution in [0.25, 0.3) is 0 Å². The van der Waals surface area contributed by atoms with Gasteiger partial charge in [0.15, 0.2) is 0 Å². The lowest BCUT2D eigenvalue weighted by Crippen LogP contribution is -2.52. The molecule has 70 valence electrons. The minimum absolute atomic E-state index is 0.0193. The Kier molecular flexibility index (Phi) is 3.05. The summed E-state index contributed by atoms with van der Waals surface area (Å²) in [4.78, 5) is 13.2. The van der Waals surface area contributed by atoms with Gasteiger partial charge in [0.1, 0.15) is 0 Å². The molecule has 2 atom stereocenters. The van der Waals surface area contributed by atoms with Crippen LogP contribution in [0, 0.1) is 0 Å².